The molecule has 1 aliphatic rings. The summed E-state index contributed by atoms with van der Waals surface area (Å²) >= 11 is 0. The van der Waals surface area contributed by atoms with Gasteiger partial charge in [0.15, 0.2) is 11.5 Å². The van der Waals surface area contributed by atoms with E-state index in [4.69, 9.17) is 15.2 Å². The Labute approximate surface area is 88.6 Å². The van der Waals surface area contributed by atoms with Crippen LogP contribution in [0, 0.1) is 0 Å². The monoisotopic (exact) mass is 209 g/mol. The number of nitrogens with two attached hydrogens (primary N) is 1. The molecule has 0 spiro atoms. The summed E-state index contributed by atoms with van der Waals surface area (Å²) in [7, 11) is 0. The van der Waals surface area contributed by atoms with Crippen molar-refractivity contribution in [2.24, 2.45) is 5.73 Å². The zero-order valence-electron chi connectivity index (χ0n) is 8.64. The van der Waals surface area contributed by atoms with E-state index in [9.17, 15) is 5.11 Å². The van der Waals surface area contributed by atoms with Gasteiger partial charge in [-0.1, -0.05) is 13.0 Å². The van der Waals surface area contributed by atoms with Gasteiger partial charge in [-0.15, -0.1) is 0 Å². The third-order valence-electron chi connectivity index (χ3n) is 2.74. The summed E-state index contributed by atoms with van der Waals surface area (Å²) in [6.45, 7) is 2.47. The Morgan fingerprint density at radius 1 is 1.40 bits per heavy atom. The number of aliphatic hydroxyl groups is 1. The van der Waals surface area contributed by atoms with Gasteiger partial charge in [-0.3, -0.25) is 0 Å². The fraction of sp³-hybridized carbons (Fsp3) is 0.455. The van der Waals surface area contributed by atoms with Crippen molar-refractivity contribution in [1.82, 2.24) is 0 Å². The first kappa shape index (κ1) is 10.3. The second-order valence-corrected chi connectivity index (χ2v) is 3.70. The smallest absolute Gasteiger partial charge is 0.231 e. The molecule has 3 N–H and O–H groups in total. The summed E-state index contributed by atoms with van der Waals surface area (Å²) in [6.07, 6.45) is -0.523. The third kappa shape index (κ3) is 1.91. The highest BCUT2D eigenvalue weighted by molar-refractivity contribution is 5.45. The number of ether oxygens (including phenoxy) is 2. The van der Waals surface area contributed by atoms with E-state index in [0.717, 1.165) is 17.1 Å². The van der Waals surface area contributed by atoms with Crippen molar-refractivity contribution < 1.29 is 14.6 Å². The molecule has 1 aromatic rings. The SMILES string of the molecule is CC(c1ccc2c(c1)OCO2)C(O)CN. The van der Waals surface area contributed by atoms with Crippen LogP contribution in [0.4, 0.5) is 0 Å². The second kappa shape index (κ2) is 4.08. The summed E-state index contributed by atoms with van der Waals surface area (Å²) < 4.78 is 10.5. The highest BCUT2D eigenvalue weighted by atomic mass is 16.7. The predicted molar refractivity (Wildman–Crippen MR) is 56.0 cm³/mol. The topological polar surface area (TPSA) is 64.7 Å². The molecule has 0 saturated carbocycles. The minimum Gasteiger partial charge on any atom is -0.454 e. The molecule has 4 nitrogen and oxygen atoms in total. The maximum Gasteiger partial charge on any atom is 0.231 e. The first-order chi connectivity index (χ1) is 7.22. The highest BCUT2D eigenvalue weighted by Crippen LogP contribution is 2.35. The lowest BCUT2D eigenvalue weighted by atomic mass is 9.95. The van der Waals surface area contributed by atoms with Gasteiger partial charge < -0.3 is 20.3 Å². The van der Waals surface area contributed by atoms with Crippen LogP contribution in [-0.4, -0.2) is 24.5 Å². The Kier molecular flexibility index (Phi) is 2.79. The molecule has 0 aromatic heterocycles. The van der Waals surface area contributed by atoms with Gasteiger partial charge >= 0.3 is 0 Å². The minimum absolute atomic E-state index is 0.00417. The molecular formula is C11H15NO3. The molecule has 0 saturated heterocycles. The van der Waals surface area contributed by atoms with Gasteiger partial charge in [0.2, 0.25) is 6.79 Å². The van der Waals surface area contributed by atoms with Crippen molar-refractivity contribution in [3.8, 4) is 11.5 Å². The lowest BCUT2D eigenvalue weighted by molar-refractivity contribution is 0.157. The van der Waals surface area contributed by atoms with Crippen LogP contribution in [0.25, 0.3) is 0 Å². The third-order valence-corrected chi connectivity index (χ3v) is 2.74. The van der Waals surface area contributed by atoms with Gasteiger partial charge in [0, 0.05) is 12.5 Å². The van der Waals surface area contributed by atoms with E-state index in [1.165, 1.54) is 0 Å². The molecule has 15 heavy (non-hydrogen) atoms. The van der Waals surface area contributed by atoms with E-state index in [-0.39, 0.29) is 19.3 Å². The number of benzene rings is 1. The summed E-state index contributed by atoms with van der Waals surface area (Å²) in [4.78, 5) is 0. The van der Waals surface area contributed by atoms with Crippen LogP contribution in [0.1, 0.15) is 18.4 Å². The van der Waals surface area contributed by atoms with Gasteiger partial charge in [0.25, 0.3) is 0 Å². The minimum atomic E-state index is -0.523. The van der Waals surface area contributed by atoms with Crippen molar-refractivity contribution >= 4 is 0 Å². The quantitative estimate of drug-likeness (QED) is 0.774. The van der Waals surface area contributed by atoms with Crippen LogP contribution in [-0.2, 0) is 0 Å². The summed E-state index contributed by atoms with van der Waals surface area (Å²) in [5.41, 5.74) is 6.43. The molecule has 1 heterocycles. The van der Waals surface area contributed by atoms with Crippen molar-refractivity contribution in [2.75, 3.05) is 13.3 Å². The molecule has 1 aromatic carbocycles. The van der Waals surface area contributed by atoms with Crippen LogP contribution in [0.15, 0.2) is 18.2 Å². The molecule has 2 atom stereocenters. The lowest BCUT2D eigenvalue weighted by Gasteiger charge is -2.17. The molecule has 4 heteroatoms. The van der Waals surface area contributed by atoms with E-state index in [1.807, 2.05) is 25.1 Å². The maximum atomic E-state index is 9.63. The first-order valence-corrected chi connectivity index (χ1v) is 5.00. The van der Waals surface area contributed by atoms with Gasteiger partial charge in [0.05, 0.1) is 6.10 Å². The van der Waals surface area contributed by atoms with Crippen molar-refractivity contribution in [2.45, 2.75) is 18.9 Å². The molecular weight excluding hydrogens is 194 g/mol. The van der Waals surface area contributed by atoms with Gasteiger partial charge in [-0.2, -0.15) is 0 Å². The number of hydrogen-bond acceptors (Lipinski definition) is 4. The number of aliphatic hydroxyl groups excluding tert-OH is 1. The van der Waals surface area contributed by atoms with Crippen molar-refractivity contribution in [1.29, 1.82) is 0 Å². The van der Waals surface area contributed by atoms with Gasteiger partial charge in [-0.25, -0.2) is 0 Å². The van der Waals surface area contributed by atoms with Crippen LogP contribution in [0.5, 0.6) is 11.5 Å². The summed E-state index contributed by atoms with van der Waals surface area (Å²) in [6, 6.07) is 5.68. The van der Waals surface area contributed by atoms with E-state index in [2.05, 4.69) is 0 Å². The van der Waals surface area contributed by atoms with E-state index < -0.39 is 6.10 Å². The number of hydrogen-bond donors (Lipinski definition) is 2. The van der Waals surface area contributed by atoms with E-state index in [0.29, 0.717) is 0 Å². The zero-order chi connectivity index (χ0) is 10.8. The molecule has 82 valence electrons. The van der Waals surface area contributed by atoms with E-state index >= 15 is 0 Å². The Hall–Kier alpha value is -1.26. The molecule has 2 rings (SSSR count). The lowest BCUT2D eigenvalue weighted by Crippen LogP contribution is -2.25. The Morgan fingerprint density at radius 2 is 2.13 bits per heavy atom. The Morgan fingerprint density at radius 3 is 2.87 bits per heavy atom. The molecule has 0 bridgehead atoms. The largest absolute Gasteiger partial charge is 0.454 e. The van der Waals surface area contributed by atoms with Crippen LogP contribution < -0.4 is 15.2 Å². The molecule has 2 unspecified atom stereocenters. The molecule has 0 fully saturated rings. The van der Waals surface area contributed by atoms with Crippen LogP contribution in [0.3, 0.4) is 0 Å². The number of rotatable bonds is 3. The average Bonchev–Trinajstić information content (AvgIpc) is 2.73. The van der Waals surface area contributed by atoms with Gasteiger partial charge in [-0.05, 0) is 17.7 Å². The fourth-order valence-corrected chi connectivity index (χ4v) is 1.62. The molecule has 0 amide bonds. The molecule has 1 aliphatic heterocycles. The maximum absolute atomic E-state index is 9.63. The number of fused-ring (bicyclic) bond motifs is 1. The first-order valence-electron chi connectivity index (χ1n) is 5.00. The van der Waals surface area contributed by atoms with Gasteiger partial charge in [0.1, 0.15) is 0 Å². The standard InChI is InChI=1S/C11H15NO3/c1-7(9(13)5-12)8-2-3-10-11(4-8)15-6-14-10/h2-4,7,9,13H,5-6,12H2,1H3. The summed E-state index contributed by atoms with van der Waals surface area (Å²) in [5, 5.41) is 9.63. The molecule has 0 radical (unpaired) electrons. The molecule has 0 aliphatic carbocycles. The Balaban J connectivity index is 2.22. The Bertz CT molecular complexity index is 354. The van der Waals surface area contributed by atoms with Crippen LogP contribution >= 0.6 is 0 Å². The van der Waals surface area contributed by atoms with Crippen molar-refractivity contribution in [3.63, 3.8) is 0 Å². The van der Waals surface area contributed by atoms with Crippen LogP contribution in [0.2, 0.25) is 0 Å². The summed E-state index contributed by atoms with van der Waals surface area (Å²) in [5.74, 6) is 1.50. The normalized spacial score (nSPS) is 17.5. The average molecular weight is 209 g/mol. The predicted octanol–water partition coefficient (Wildman–Crippen LogP) is 0.838. The fourth-order valence-electron chi connectivity index (χ4n) is 1.62. The second-order valence-electron chi connectivity index (χ2n) is 3.70. The highest BCUT2D eigenvalue weighted by Gasteiger charge is 2.19. The zero-order valence-corrected chi connectivity index (χ0v) is 8.64. The van der Waals surface area contributed by atoms with E-state index in [1.54, 1.807) is 0 Å². The van der Waals surface area contributed by atoms with Crippen molar-refractivity contribution in [3.05, 3.63) is 23.8 Å².